The Morgan fingerprint density at radius 1 is 0.905 bits per heavy atom. The number of nitrogens with one attached hydrogen (secondary N) is 1. The van der Waals surface area contributed by atoms with E-state index in [-0.39, 0.29) is 0 Å². The van der Waals surface area contributed by atoms with E-state index < -0.39 is 0 Å². The molecule has 0 aliphatic heterocycles. The van der Waals surface area contributed by atoms with Crippen molar-refractivity contribution in [1.82, 2.24) is 5.32 Å². The van der Waals surface area contributed by atoms with E-state index in [1.54, 1.807) is 0 Å². The number of aryl methyl sites for hydroxylation is 1. The third-order valence-electron chi connectivity index (χ3n) is 3.60. The summed E-state index contributed by atoms with van der Waals surface area (Å²) < 4.78 is 0. The van der Waals surface area contributed by atoms with Crippen LogP contribution in [0.1, 0.15) is 25.0 Å². The van der Waals surface area contributed by atoms with Gasteiger partial charge in [0.25, 0.3) is 0 Å². The van der Waals surface area contributed by atoms with Crippen molar-refractivity contribution in [3.05, 3.63) is 65.7 Å². The van der Waals surface area contributed by atoms with Crippen molar-refractivity contribution < 1.29 is 0 Å². The van der Waals surface area contributed by atoms with Crippen molar-refractivity contribution in [3.63, 3.8) is 0 Å². The summed E-state index contributed by atoms with van der Waals surface area (Å²) in [5.41, 5.74) is 2.84. The molecule has 0 spiro atoms. The molecule has 1 nitrogen and oxygen atoms in total. The van der Waals surface area contributed by atoms with E-state index in [1.807, 2.05) is 11.8 Å². The number of thioether (sulfide) groups is 1. The molecule has 0 saturated heterocycles. The first-order chi connectivity index (χ1) is 10.3. The van der Waals surface area contributed by atoms with E-state index in [9.17, 15) is 0 Å². The van der Waals surface area contributed by atoms with E-state index in [4.69, 9.17) is 0 Å². The van der Waals surface area contributed by atoms with Gasteiger partial charge in [-0.05, 0) is 42.6 Å². The number of benzene rings is 2. The molecule has 2 aromatic rings. The van der Waals surface area contributed by atoms with Gasteiger partial charge in [0.15, 0.2) is 0 Å². The SMILES string of the molecule is CCNC(CSc1ccccc1)Cc1ccc(CC)cc1. The summed E-state index contributed by atoms with van der Waals surface area (Å²) >= 11 is 1.93. The maximum absolute atomic E-state index is 3.61. The third kappa shape index (κ3) is 5.56. The summed E-state index contributed by atoms with van der Waals surface area (Å²) in [7, 11) is 0. The third-order valence-corrected chi connectivity index (χ3v) is 4.78. The van der Waals surface area contributed by atoms with Gasteiger partial charge in [-0.1, -0.05) is 56.3 Å². The number of hydrogen-bond donors (Lipinski definition) is 1. The molecule has 0 amide bonds. The van der Waals surface area contributed by atoms with E-state index in [1.165, 1.54) is 16.0 Å². The average Bonchev–Trinajstić information content (AvgIpc) is 2.54. The van der Waals surface area contributed by atoms with Crippen LogP contribution in [0, 0.1) is 0 Å². The molecule has 1 unspecified atom stereocenters. The van der Waals surface area contributed by atoms with Crippen molar-refractivity contribution in [1.29, 1.82) is 0 Å². The fourth-order valence-electron chi connectivity index (χ4n) is 2.39. The van der Waals surface area contributed by atoms with Gasteiger partial charge >= 0.3 is 0 Å². The Kier molecular flexibility index (Phi) is 6.84. The summed E-state index contributed by atoms with van der Waals surface area (Å²) in [5.74, 6) is 1.10. The fourth-order valence-corrected chi connectivity index (χ4v) is 3.37. The van der Waals surface area contributed by atoms with Gasteiger partial charge in [-0.25, -0.2) is 0 Å². The van der Waals surface area contributed by atoms with Gasteiger partial charge in [-0.3, -0.25) is 0 Å². The van der Waals surface area contributed by atoms with Crippen LogP contribution in [-0.4, -0.2) is 18.3 Å². The molecular formula is C19H25NS. The maximum Gasteiger partial charge on any atom is 0.0201 e. The Morgan fingerprint density at radius 3 is 2.19 bits per heavy atom. The zero-order chi connectivity index (χ0) is 14.9. The predicted octanol–water partition coefficient (Wildman–Crippen LogP) is 4.56. The molecule has 2 aromatic carbocycles. The highest BCUT2D eigenvalue weighted by atomic mass is 32.2. The average molecular weight is 299 g/mol. The number of rotatable bonds is 8. The minimum absolute atomic E-state index is 0.521. The van der Waals surface area contributed by atoms with Crippen molar-refractivity contribution in [3.8, 4) is 0 Å². The van der Waals surface area contributed by atoms with E-state index in [0.717, 1.165) is 25.1 Å². The van der Waals surface area contributed by atoms with Crippen molar-refractivity contribution in [2.75, 3.05) is 12.3 Å². The molecule has 0 saturated carbocycles. The molecule has 1 atom stereocenters. The van der Waals surface area contributed by atoms with E-state index in [0.29, 0.717) is 6.04 Å². The number of hydrogen-bond acceptors (Lipinski definition) is 2. The van der Waals surface area contributed by atoms with Crippen molar-refractivity contribution in [2.45, 2.75) is 37.6 Å². The van der Waals surface area contributed by atoms with Gasteiger partial charge in [0.05, 0.1) is 0 Å². The molecule has 21 heavy (non-hydrogen) atoms. The summed E-state index contributed by atoms with van der Waals surface area (Å²) in [6.07, 6.45) is 2.21. The lowest BCUT2D eigenvalue weighted by Gasteiger charge is -2.18. The summed E-state index contributed by atoms with van der Waals surface area (Å²) in [4.78, 5) is 1.35. The van der Waals surface area contributed by atoms with Gasteiger partial charge in [0.1, 0.15) is 0 Å². The quantitative estimate of drug-likeness (QED) is 0.717. The first-order valence-corrected chi connectivity index (χ1v) is 8.79. The number of likely N-dealkylation sites (N-methyl/N-ethyl adjacent to an activating group) is 1. The molecule has 2 rings (SSSR count). The second-order valence-electron chi connectivity index (χ2n) is 5.25. The molecule has 0 heterocycles. The highest BCUT2D eigenvalue weighted by Gasteiger charge is 2.09. The minimum Gasteiger partial charge on any atom is -0.313 e. The van der Waals surface area contributed by atoms with Crippen LogP contribution < -0.4 is 5.32 Å². The van der Waals surface area contributed by atoms with Gasteiger partial charge in [-0.15, -0.1) is 11.8 Å². The van der Waals surface area contributed by atoms with Gasteiger partial charge in [-0.2, -0.15) is 0 Å². The molecule has 0 bridgehead atoms. The van der Waals surface area contributed by atoms with Crippen LogP contribution in [0.4, 0.5) is 0 Å². The normalized spacial score (nSPS) is 12.3. The lowest BCUT2D eigenvalue weighted by molar-refractivity contribution is 0.572. The maximum atomic E-state index is 3.61. The molecular weight excluding hydrogens is 274 g/mol. The standard InChI is InChI=1S/C19H25NS/c1-3-16-10-12-17(13-11-16)14-18(20-4-2)15-21-19-8-6-5-7-9-19/h5-13,18,20H,3-4,14-15H2,1-2H3. The fraction of sp³-hybridized carbons (Fsp3) is 0.368. The Bertz CT molecular complexity index is 507. The van der Waals surface area contributed by atoms with Crippen LogP contribution in [-0.2, 0) is 12.8 Å². The molecule has 112 valence electrons. The molecule has 2 heteroatoms. The largest absolute Gasteiger partial charge is 0.313 e. The molecule has 0 aliphatic carbocycles. The summed E-state index contributed by atoms with van der Waals surface area (Å²) in [5, 5.41) is 3.61. The molecule has 0 fully saturated rings. The Labute approximate surface area is 133 Å². The van der Waals surface area contributed by atoms with Crippen LogP contribution in [0.3, 0.4) is 0 Å². The molecule has 0 aromatic heterocycles. The second kappa shape index (κ2) is 8.91. The Hall–Kier alpha value is -1.25. The van der Waals surface area contributed by atoms with Crippen molar-refractivity contribution >= 4 is 11.8 Å². The molecule has 0 aliphatic rings. The van der Waals surface area contributed by atoms with E-state index >= 15 is 0 Å². The van der Waals surface area contributed by atoms with Crippen LogP contribution in [0.25, 0.3) is 0 Å². The van der Waals surface area contributed by atoms with Crippen LogP contribution in [0.15, 0.2) is 59.5 Å². The molecule has 1 N–H and O–H groups in total. The van der Waals surface area contributed by atoms with Crippen LogP contribution in [0.2, 0.25) is 0 Å². The van der Waals surface area contributed by atoms with Crippen LogP contribution >= 0.6 is 11.8 Å². The van der Waals surface area contributed by atoms with Gasteiger partial charge in [0, 0.05) is 16.7 Å². The highest BCUT2D eigenvalue weighted by molar-refractivity contribution is 7.99. The first kappa shape index (κ1) is 16.1. The summed E-state index contributed by atoms with van der Waals surface area (Å²) in [6.45, 7) is 5.40. The predicted molar refractivity (Wildman–Crippen MR) is 94.2 cm³/mol. The first-order valence-electron chi connectivity index (χ1n) is 7.80. The van der Waals surface area contributed by atoms with Crippen molar-refractivity contribution in [2.24, 2.45) is 0 Å². The van der Waals surface area contributed by atoms with Crippen LogP contribution in [0.5, 0.6) is 0 Å². The lowest BCUT2D eigenvalue weighted by Crippen LogP contribution is -2.33. The lowest BCUT2D eigenvalue weighted by atomic mass is 10.0. The van der Waals surface area contributed by atoms with E-state index in [2.05, 4.69) is 73.8 Å². The Balaban J connectivity index is 1.91. The second-order valence-corrected chi connectivity index (χ2v) is 6.35. The Morgan fingerprint density at radius 2 is 1.57 bits per heavy atom. The minimum atomic E-state index is 0.521. The summed E-state index contributed by atoms with van der Waals surface area (Å²) in [6, 6.07) is 20.2. The van der Waals surface area contributed by atoms with Gasteiger partial charge in [0.2, 0.25) is 0 Å². The van der Waals surface area contributed by atoms with Gasteiger partial charge < -0.3 is 5.32 Å². The topological polar surface area (TPSA) is 12.0 Å². The smallest absolute Gasteiger partial charge is 0.0201 e. The zero-order valence-electron chi connectivity index (χ0n) is 13.0. The highest BCUT2D eigenvalue weighted by Crippen LogP contribution is 2.19. The zero-order valence-corrected chi connectivity index (χ0v) is 13.8. The monoisotopic (exact) mass is 299 g/mol. The molecule has 0 radical (unpaired) electrons.